The molecule has 1 aromatic rings. The van der Waals surface area contributed by atoms with E-state index in [2.05, 4.69) is 0 Å². The number of hydrogen-bond acceptors (Lipinski definition) is 5. The van der Waals surface area contributed by atoms with E-state index in [4.69, 9.17) is 12.2 Å². The zero-order valence-electron chi connectivity index (χ0n) is 15.0. The Morgan fingerprint density at radius 3 is 2.68 bits per heavy atom. The molecule has 0 spiro atoms. The van der Waals surface area contributed by atoms with Gasteiger partial charge >= 0.3 is 5.97 Å². The van der Waals surface area contributed by atoms with Gasteiger partial charge in [0.2, 0.25) is 5.91 Å². The molecule has 1 N–H and O–H groups in total. The molecule has 1 aromatic carbocycles. The van der Waals surface area contributed by atoms with Gasteiger partial charge in [-0.15, -0.1) is 0 Å². The molecule has 2 fully saturated rings. The smallest absolute Gasteiger partial charge is 0.326 e. The standard InChI is InChI=1S/C19H19FN2O4S2/c20-13-6-4-12(5-7-13)11-15-17(24)22(19(27)28-15)10-8-16(23)21-9-2-1-3-14(21)18(25)26/h4-7,11,14H,1-3,8-10H2,(H,25,26)/b15-11+/t14-/m0/s1. The summed E-state index contributed by atoms with van der Waals surface area (Å²) >= 11 is 6.38. The van der Waals surface area contributed by atoms with E-state index >= 15 is 0 Å². The summed E-state index contributed by atoms with van der Waals surface area (Å²) in [5.41, 5.74) is 0.676. The first-order valence-corrected chi connectivity index (χ1v) is 10.1. The van der Waals surface area contributed by atoms with Crippen LogP contribution in [0.3, 0.4) is 0 Å². The van der Waals surface area contributed by atoms with Crippen LogP contribution in [0.15, 0.2) is 29.2 Å². The van der Waals surface area contributed by atoms with Crippen molar-refractivity contribution in [1.82, 2.24) is 9.80 Å². The highest BCUT2D eigenvalue weighted by Crippen LogP contribution is 2.32. The van der Waals surface area contributed by atoms with Gasteiger partial charge in [0, 0.05) is 19.5 Å². The van der Waals surface area contributed by atoms with Gasteiger partial charge in [-0.05, 0) is 43.0 Å². The lowest BCUT2D eigenvalue weighted by Gasteiger charge is -2.33. The summed E-state index contributed by atoms with van der Waals surface area (Å²) < 4.78 is 13.4. The van der Waals surface area contributed by atoms with Crippen molar-refractivity contribution < 1.29 is 23.9 Å². The number of thioether (sulfide) groups is 1. The van der Waals surface area contributed by atoms with Crippen LogP contribution in [0.25, 0.3) is 6.08 Å². The third kappa shape index (κ3) is 4.59. The second-order valence-electron chi connectivity index (χ2n) is 6.57. The number of carboxylic acid groups (broad SMARTS) is 1. The molecule has 2 aliphatic heterocycles. The van der Waals surface area contributed by atoms with E-state index < -0.39 is 12.0 Å². The molecule has 0 radical (unpaired) electrons. The second-order valence-corrected chi connectivity index (χ2v) is 8.25. The molecule has 2 aliphatic rings. The molecule has 2 saturated heterocycles. The van der Waals surface area contributed by atoms with Gasteiger partial charge in [-0.3, -0.25) is 14.5 Å². The molecule has 2 heterocycles. The Labute approximate surface area is 171 Å². The van der Waals surface area contributed by atoms with Gasteiger partial charge in [0.15, 0.2) is 0 Å². The number of carbonyl (C=O) groups is 3. The highest BCUT2D eigenvalue weighted by atomic mass is 32.2. The summed E-state index contributed by atoms with van der Waals surface area (Å²) in [6.45, 7) is 0.520. The minimum absolute atomic E-state index is 0.0139. The van der Waals surface area contributed by atoms with E-state index in [1.54, 1.807) is 18.2 Å². The SMILES string of the molecule is O=C(O)[C@@H]1CCCCN1C(=O)CCN1C(=O)/C(=C\c2ccc(F)cc2)SC1=S. The molecule has 0 unspecified atom stereocenters. The van der Waals surface area contributed by atoms with Gasteiger partial charge in [-0.2, -0.15) is 0 Å². The molecule has 2 amide bonds. The number of thiocarbonyl (C=S) groups is 1. The van der Waals surface area contributed by atoms with Gasteiger partial charge in [0.1, 0.15) is 16.2 Å². The minimum Gasteiger partial charge on any atom is -0.480 e. The molecular formula is C19H19FN2O4S2. The zero-order valence-corrected chi connectivity index (χ0v) is 16.6. The van der Waals surface area contributed by atoms with Gasteiger partial charge in [-0.25, -0.2) is 9.18 Å². The molecule has 28 heavy (non-hydrogen) atoms. The Kier molecular flexibility index (Phi) is 6.46. The van der Waals surface area contributed by atoms with Crippen molar-refractivity contribution >= 4 is 52.2 Å². The largest absolute Gasteiger partial charge is 0.480 e. The third-order valence-electron chi connectivity index (χ3n) is 4.70. The van der Waals surface area contributed by atoms with E-state index in [-0.39, 0.29) is 30.6 Å². The summed E-state index contributed by atoms with van der Waals surface area (Å²) in [4.78, 5) is 39.6. The number of aliphatic carboxylic acids is 1. The zero-order chi connectivity index (χ0) is 20.3. The number of rotatable bonds is 5. The van der Waals surface area contributed by atoms with Crippen LogP contribution < -0.4 is 0 Å². The Hall–Kier alpha value is -2.26. The highest BCUT2D eigenvalue weighted by molar-refractivity contribution is 8.26. The highest BCUT2D eigenvalue weighted by Gasteiger charge is 2.35. The van der Waals surface area contributed by atoms with Gasteiger partial charge in [0.25, 0.3) is 5.91 Å². The average molecular weight is 423 g/mol. The first-order valence-electron chi connectivity index (χ1n) is 8.90. The molecule has 1 atom stereocenters. The van der Waals surface area contributed by atoms with Crippen molar-refractivity contribution in [3.8, 4) is 0 Å². The second kappa shape index (κ2) is 8.83. The van der Waals surface area contributed by atoms with Crippen LogP contribution in [0.5, 0.6) is 0 Å². The third-order valence-corrected chi connectivity index (χ3v) is 6.08. The van der Waals surface area contributed by atoms with E-state index in [9.17, 15) is 23.9 Å². The van der Waals surface area contributed by atoms with Gasteiger partial charge in [0.05, 0.1) is 4.91 Å². The van der Waals surface area contributed by atoms with Crippen molar-refractivity contribution in [3.05, 3.63) is 40.6 Å². The molecule has 0 aliphatic carbocycles. The maximum absolute atomic E-state index is 13.0. The van der Waals surface area contributed by atoms with Crippen molar-refractivity contribution in [2.24, 2.45) is 0 Å². The lowest BCUT2D eigenvalue weighted by Crippen LogP contribution is -2.48. The number of hydrogen-bond donors (Lipinski definition) is 1. The van der Waals surface area contributed by atoms with Gasteiger partial charge < -0.3 is 10.0 Å². The van der Waals surface area contributed by atoms with Gasteiger partial charge in [-0.1, -0.05) is 36.1 Å². The normalized spacial score (nSPS) is 21.5. The number of nitrogens with zero attached hydrogens (tertiary/aromatic N) is 2. The van der Waals surface area contributed by atoms with Crippen LogP contribution in [0.1, 0.15) is 31.2 Å². The van der Waals surface area contributed by atoms with Crippen molar-refractivity contribution in [2.45, 2.75) is 31.7 Å². The molecule has 0 aromatic heterocycles. The molecule has 9 heteroatoms. The molecule has 0 bridgehead atoms. The number of carboxylic acids is 1. The van der Waals surface area contributed by atoms with Crippen LogP contribution in [0.4, 0.5) is 4.39 Å². The number of halogens is 1. The summed E-state index contributed by atoms with van der Waals surface area (Å²) in [7, 11) is 0. The molecular weight excluding hydrogens is 403 g/mol. The number of benzene rings is 1. The van der Waals surface area contributed by atoms with Crippen molar-refractivity contribution in [2.75, 3.05) is 13.1 Å². The Morgan fingerprint density at radius 1 is 1.29 bits per heavy atom. The lowest BCUT2D eigenvalue weighted by atomic mass is 10.0. The predicted octanol–water partition coefficient (Wildman–Crippen LogP) is 2.88. The summed E-state index contributed by atoms with van der Waals surface area (Å²) in [6, 6.07) is 4.94. The monoisotopic (exact) mass is 422 g/mol. The van der Waals surface area contributed by atoms with Crippen LogP contribution in [0.2, 0.25) is 0 Å². The van der Waals surface area contributed by atoms with Crippen LogP contribution in [-0.4, -0.2) is 56.1 Å². The van der Waals surface area contributed by atoms with Crippen LogP contribution in [0, 0.1) is 5.82 Å². The van der Waals surface area contributed by atoms with E-state index in [1.165, 1.54) is 21.9 Å². The molecule has 6 nitrogen and oxygen atoms in total. The first kappa shape index (κ1) is 20.5. The lowest BCUT2D eigenvalue weighted by molar-refractivity contribution is -0.152. The van der Waals surface area contributed by atoms with Crippen LogP contribution in [-0.2, 0) is 14.4 Å². The fourth-order valence-electron chi connectivity index (χ4n) is 3.24. The Balaban J connectivity index is 1.63. The quantitative estimate of drug-likeness (QED) is 0.581. The molecule has 3 rings (SSSR count). The van der Waals surface area contributed by atoms with E-state index in [1.807, 2.05) is 0 Å². The maximum atomic E-state index is 13.0. The fourth-order valence-corrected chi connectivity index (χ4v) is 4.55. The number of piperidine rings is 1. The number of carbonyl (C=O) groups excluding carboxylic acids is 2. The van der Waals surface area contributed by atoms with Crippen molar-refractivity contribution in [3.63, 3.8) is 0 Å². The fraction of sp³-hybridized carbons (Fsp3) is 0.368. The van der Waals surface area contributed by atoms with Crippen LogP contribution >= 0.6 is 24.0 Å². The summed E-state index contributed by atoms with van der Waals surface area (Å²) in [6.07, 6.45) is 3.65. The summed E-state index contributed by atoms with van der Waals surface area (Å²) in [5, 5.41) is 9.30. The van der Waals surface area contributed by atoms with E-state index in [0.717, 1.165) is 24.6 Å². The maximum Gasteiger partial charge on any atom is 0.326 e. The van der Waals surface area contributed by atoms with E-state index in [0.29, 0.717) is 27.8 Å². The summed E-state index contributed by atoms with van der Waals surface area (Å²) in [5.74, 6) is -1.95. The number of amides is 2. The first-order chi connectivity index (χ1) is 13.4. The number of likely N-dealkylation sites (tertiary alicyclic amines) is 1. The Morgan fingerprint density at radius 2 is 2.00 bits per heavy atom. The Bertz CT molecular complexity index is 841. The predicted molar refractivity (Wildman–Crippen MR) is 108 cm³/mol. The molecule has 0 saturated carbocycles. The average Bonchev–Trinajstić information content (AvgIpc) is 2.94. The van der Waals surface area contributed by atoms with Crippen molar-refractivity contribution in [1.29, 1.82) is 0 Å². The minimum atomic E-state index is -0.999. The molecule has 148 valence electrons. The topological polar surface area (TPSA) is 77.9 Å².